The normalized spacial score (nSPS) is 23.1. The summed E-state index contributed by atoms with van der Waals surface area (Å²) >= 11 is 0. The van der Waals surface area contributed by atoms with Crippen LogP contribution in [-0.4, -0.2) is 51.7 Å². The molecule has 2 heterocycles. The molecule has 0 saturated carbocycles. The maximum atomic E-state index is 12.4. The highest BCUT2D eigenvalue weighted by Crippen LogP contribution is 2.35. The van der Waals surface area contributed by atoms with Gasteiger partial charge in [-0.1, -0.05) is 0 Å². The van der Waals surface area contributed by atoms with Crippen molar-refractivity contribution < 1.29 is 19.4 Å². The van der Waals surface area contributed by atoms with E-state index >= 15 is 0 Å². The van der Waals surface area contributed by atoms with Crippen LogP contribution in [0.25, 0.3) is 0 Å². The molecule has 1 saturated heterocycles. The number of carbonyl (C=O) groups is 2. The summed E-state index contributed by atoms with van der Waals surface area (Å²) in [5.41, 5.74) is 0.744. The third kappa shape index (κ3) is 3.24. The molecule has 0 aromatic carbocycles. The zero-order chi connectivity index (χ0) is 15.4. The van der Waals surface area contributed by atoms with Crippen molar-refractivity contribution in [2.75, 3.05) is 20.3 Å². The third-order valence-corrected chi connectivity index (χ3v) is 3.95. The molecule has 2 rings (SSSR count). The van der Waals surface area contributed by atoms with E-state index in [1.807, 2.05) is 7.05 Å². The van der Waals surface area contributed by atoms with Crippen molar-refractivity contribution in [3.05, 3.63) is 18.2 Å². The quantitative estimate of drug-likeness (QED) is 0.869. The topological polar surface area (TPSA) is 84.7 Å². The fourth-order valence-electron chi connectivity index (χ4n) is 2.88. The van der Waals surface area contributed by atoms with E-state index in [1.54, 1.807) is 29.1 Å². The van der Waals surface area contributed by atoms with Crippen molar-refractivity contribution in [2.45, 2.75) is 25.3 Å². The summed E-state index contributed by atoms with van der Waals surface area (Å²) in [5, 5.41) is 9.55. The van der Waals surface area contributed by atoms with Gasteiger partial charge in [0.15, 0.2) is 0 Å². The Bertz CT molecular complexity index is 514. The molecule has 1 N–H and O–H groups in total. The lowest BCUT2D eigenvalue weighted by atomic mass is 9.92. The highest BCUT2D eigenvalue weighted by Gasteiger charge is 2.39. The highest BCUT2D eigenvalue weighted by atomic mass is 16.5. The monoisotopic (exact) mass is 295 g/mol. The first-order valence-electron chi connectivity index (χ1n) is 7.03. The first kappa shape index (κ1) is 15.5. The average Bonchev–Trinajstić information content (AvgIpc) is 2.78. The molecule has 2 unspecified atom stereocenters. The first-order chi connectivity index (χ1) is 10.1. The van der Waals surface area contributed by atoms with Gasteiger partial charge in [-0.3, -0.25) is 9.59 Å². The predicted octanol–water partition coefficient (Wildman–Crippen LogP) is 0.821. The molecule has 0 spiro atoms. The van der Waals surface area contributed by atoms with Crippen LogP contribution in [0.2, 0.25) is 0 Å². The molecule has 116 valence electrons. The van der Waals surface area contributed by atoms with Crippen molar-refractivity contribution in [2.24, 2.45) is 13.0 Å². The van der Waals surface area contributed by atoms with Crippen LogP contribution in [0, 0.1) is 5.92 Å². The fourth-order valence-corrected chi connectivity index (χ4v) is 2.88. The molecular formula is C14H21N3O4. The molecule has 0 bridgehead atoms. The highest BCUT2D eigenvalue weighted by molar-refractivity contribution is 5.79. The number of rotatable bonds is 5. The van der Waals surface area contributed by atoms with E-state index < -0.39 is 17.9 Å². The SMILES string of the molecule is COCCN1C(=O)CCCC(C(=O)O)C1c1cncn1C. The van der Waals surface area contributed by atoms with Gasteiger partial charge in [-0.05, 0) is 12.8 Å². The van der Waals surface area contributed by atoms with Gasteiger partial charge < -0.3 is 19.3 Å². The number of likely N-dealkylation sites (tertiary alicyclic amines) is 1. The van der Waals surface area contributed by atoms with E-state index in [2.05, 4.69) is 4.98 Å². The maximum Gasteiger partial charge on any atom is 0.309 e. The van der Waals surface area contributed by atoms with Crippen LogP contribution in [0.4, 0.5) is 0 Å². The molecule has 1 fully saturated rings. The molecule has 1 aromatic rings. The first-order valence-corrected chi connectivity index (χ1v) is 7.03. The molecule has 7 heteroatoms. The number of aliphatic carboxylic acids is 1. The zero-order valence-electron chi connectivity index (χ0n) is 12.4. The van der Waals surface area contributed by atoms with Gasteiger partial charge in [0.1, 0.15) is 0 Å². The van der Waals surface area contributed by atoms with Crippen LogP contribution in [-0.2, 0) is 21.4 Å². The number of nitrogens with zero attached hydrogens (tertiary/aromatic N) is 3. The zero-order valence-corrected chi connectivity index (χ0v) is 12.4. The van der Waals surface area contributed by atoms with Gasteiger partial charge in [0.2, 0.25) is 5.91 Å². The van der Waals surface area contributed by atoms with E-state index in [0.717, 1.165) is 5.69 Å². The summed E-state index contributed by atoms with van der Waals surface area (Å²) < 4.78 is 6.84. The molecule has 7 nitrogen and oxygen atoms in total. The molecule has 1 aromatic heterocycles. The van der Waals surface area contributed by atoms with E-state index in [-0.39, 0.29) is 5.91 Å². The number of hydrogen-bond donors (Lipinski definition) is 1. The predicted molar refractivity (Wildman–Crippen MR) is 74.5 cm³/mol. The van der Waals surface area contributed by atoms with Crippen LogP contribution in [0.15, 0.2) is 12.5 Å². The number of methoxy groups -OCH3 is 1. The molecule has 21 heavy (non-hydrogen) atoms. The van der Waals surface area contributed by atoms with E-state index in [1.165, 1.54) is 0 Å². The van der Waals surface area contributed by atoms with E-state index in [9.17, 15) is 14.7 Å². The summed E-state index contributed by atoms with van der Waals surface area (Å²) in [6.45, 7) is 0.765. The van der Waals surface area contributed by atoms with Gasteiger partial charge in [0.25, 0.3) is 0 Å². The lowest BCUT2D eigenvalue weighted by molar-refractivity contribution is -0.146. The number of carboxylic acids is 1. The average molecular weight is 295 g/mol. The number of aromatic nitrogens is 2. The molecular weight excluding hydrogens is 274 g/mol. The molecule has 1 amide bonds. The van der Waals surface area contributed by atoms with Crippen LogP contribution in [0.3, 0.4) is 0 Å². The van der Waals surface area contributed by atoms with Gasteiger partial charge >= 0.3 is 5.97 Å². The fraction of sp³-hybridized carbons (Fsp3) is 0.643. The Morgan fingerprint density at radius 1 is 1.57 bits per heavy atom. The number of amides is 1. The van der Waals surface area contributed by atoms with Crippen molar-refractivity contribution in [3.63, 3.8) is 0 Å². The second-order valence-electron chi connectivity index (χ2n) is 5.29. The minimum absolute atomic E-state index is 0.0259. The Labute approximate surface area is 123 Å². The molecule has 0 aliphatic carbocycles. The second kappa shape index (κ2) is 6.71. The van der Waals surface area contributed by atoms with Gasteiger partial charge in [-0.15, -0.1) is 0 Å². The number of imidazole rings is 1. The van der Waals surface area contributed by atoms with Gasteiger partial charge in [-0.2, -0.15) is 0 Å². The van der Waals surface area contributed by atoms with Gasteiger partial charge in [0, 0.05) is 27.1 Å². The van der Waals surface area contributed by atoms with Crippen molar-refractivity contribution >= 4 is 11.9 Å². The van der Waals surface area contributed by atoms with E-state index in [0.29, 0.717) is 32.4 Å². The summed E-state index contributed by atoms with van der Waals surface area (Å²) in [6, 6.07) is -0.500. The standard InChI is InChI=1S/C14H21N3O4/c1-16-9-15-8-11(16)13-10(14(19)20)4-3-5-12(18)17(13)6-7-21-2/h8-10,13H,3-7H2,1-2H3,(H,19,20). The lowest BCUT2D eigenvalue weighted by Crippen LogP contribution is -2.41. The minimum Gasteiger partial charge on any atom is -0.481 e. The summed E-state index contributed by atoms with van der Waals surface area (Å²) in [4.78, 5) is 29.7. The number of carbonyl (C=O) groups excluding carboxylic acids is 1. The van der Waals surface area contributed by atoms with Gasteiger partial charge in [-0.25, -0.2) is 4.98 Å². The Balaban J connectivity index is 2.41. The Morgan fingerprint density at radius 3 is 2.90 bits per heavy atom. The van der Waals surface area contributed by atoms with Crippen LogP contribution < -0.4 is 0 Å². The minimum atomic E-state index is -0.877. The van der Waals surface area contributed by atoms with E-state index in [4.69, 9.17) is 4.74 Å². The van der Waals surface area contributed by atoms with Crippen molar-refractivity contribution in [1.82, 2.24) is 14.5 Å². The van der Waals surface area contributed by atoms with Crippen LogP contribution in [0.1, 0.15) is 31.0 Å². The second-order valence-corrected chi connectivity index (χ2v) is 5.29. The Kier molecular flexibility index (Phi) is 4.95. The molecule has 1 aliphatic rings. The molecule has 0 radical (unpaired) electrons. The number of ether oxygens (including phenoxy) is 1. The smallest absolute Gasteiger partial charge is 0.309 e. The van der Waals surface area contributed by atoms with Crippen LogP contribution >= 0.6 is 0 Å². The lowest BCUT2D eigenvalue weighted by Gasteiger charge is -2.33. The van der Waals surface area contributed by atoms with Crippen molar-refractivity contribution in [3.8, 4) is 0 Å². The van der Waals surface area contributed by atoms with Crippen LogP contribution in [0.5, 0.6) is 0 Å². The molecule has 2 atom stereocenters. The third-order valence-electron chi connectivity index (χ3n) is 3.95. The number of aryl methyl sites for hydroxylation is 1. The van der Waals surface area contributed by atoms with Crippen molar-refractivity contribution in [1.29, 1.82) is 0 Å². The molecule has 1 aliphatic heterocycles. The van der Waals surface area contributed by atoms with Gasteiger partial charge in [0.05, 0.1) is 36.8 Å². The number of hydrogen-bond acceptors (Lipinski definition) is 4. The number of carboxylic acid groups (broad SMARTS) is 1. The Hall–Kier alpha value is -1.89. The largest absolute Gasteiger partial charge is 0.481 e. The summed E-state index contributed by atoms with van der Waals surface area (Å²) in [5.74, 6) is -1.52. The maximum absolute atomic E-state index is 12.4. The summed E-state index contributed by atoms with van der Waals surface area (Å²) in [7, 11) is 3.38. The summed E-state index contributed by atoms with van der Waals surface area (Å²) in [6.07, 6.45) is 4.72. The Morgan fingerprint density at radius 2 is 2.33 bits per heavy atom.